The van der Waals surface area contributed by atoms with Gasteiger partial charge in [-0.25, -0.2) is 4.68 Å². The molecule has 2 heterocycles. The maximum absolute atomic E-state index is 12.7. The summed E-state index contributed by atoms with van der Waals surface area (Å²) >= 11 is 0. The van der Waals surface area contributed by atoms with Gasteiger partial charge < -0.3 is 4.74 Å². The molecule has 4 rings (SSSR count). The van der Waals surface area contributed by atoms with E-state index in [0.717, 1.165) is 5.69 Å². The van der Waals surface area contributed by atoms with Crippen LogP contribution in [0.5, 0.6) is 5.75 Å². The van der Waals surface area contributed by atoms with Gasteiger partial charge in [0.05, 0.1) is 12.7 Å². The van der Waals surface area contributed by atoms with Crippen molar-refractivity contribution < 1.29 is 17.9 Å². The van der Waals surface area contributed by atoms with Gasteiger partial charge in [-0.2, -0.15) is 9.90 Å². The van der Waals surface area contributed by atoms with Crippen LogP contribution in [0.25, 0.3) is 28.3 Å². The Morgan fingerprint density at radius 1 is 0.935 bits per heavy atom. The standard InChI is InChI=1S/C19H15F3N6O.C2H6/c1-12-10-16(18-23-26-27(2)25-18)24-28(12)14-7-5-6-13(11-14)15-8-3-4-9-17(15)29-19(20,21)22;1-2/h3-11H,1-2H3;1-2H3. The molecular weight excluding hydrogens is 409 g/mol. The van der Waals surface area contributed by atoms with E-state index in [1.54, 1.807) is 42.1 Å². The van der Waals surface area contributed by atoms with E-state index in [1.807, 2.05) is 32.9 Å². The molecule has 10 heteroatoms. The molecule has 0 N–H and O–H groups in total. The summed E-state index contributed by atoms with van der Waals surface area (Å²) in [7, 11) is 1.66. The van der Waals surface area contributed by atoms with Crippen LogP contribution < -0.4 is 4.74 Å². The molecule has 0 atom stereocenters. The Kier molecular flexibility index (Phi) is 6.38. The quantitative estimate of drug-likeness (QED) is 0.458. The molecule has 2 aromatic heterocycles. The number of hydrogen-bond donors (Lipinski definition) is 0. The third kappa shape index (κ3) is 5.08. The average molecular weight is 430 g/mol. The zero-order chi connectivity index (χ0) is 22.6. The number of benzene rings is 2. The highest BCUT2D eigenvalue weighted by Gasteiger charge is 2.32. The van der Waals surface area contributed by atoms with Crippen molar-refractivity contribution in [3.63, 3.8) is 0 Å². The summed E-state index contributed by atoms with van der Waals surface area (Å²) < 4.78 is 44.1. The van der Waals surface area contributed by atoms with Gasteiger partial charge in [0.25, 0.3) is 0 Å². The zero-order valence-electron chi connectivity index (χ0n) is 17.4. The second kappa shape index (κ2) is 8.99. The van der Waals surface area contributed by atoms with Crippen LogP contribution >= 0.6 is 0 Å². The van der Waals surface area contributed by atoms with Crippen LogP contribution in [0.15, 0.2) is 54.6 Å². The van der Waals surface area contributed by atoms with Gasteiger partial charge in [-0.05, 0) is 42.0 Å². The minimum absolute atomic E-state index is 0.265. The number of halogens is 3. The molecule has 0 fully saturated rings. The summed E-state index contributed by atoms with van der Waals surface area (Å²) in [5.41, 5.74) is 2.92. The molecule has 0 aliphatic rings. The first-order valence-corrected chi connectivity index (χ1v) is 9.57. The van der Waals surface area contributed by atoms with Gasteiger partial charge in [-0.1, -0.05) is 44.2 Å². The van der Waals surface area contributed by atoms with Gasteiger partial charge in [0.2, 0.25) is 5.82 Å². The lowest BCUT2D eigenvalue weighted by Crippen LogP contribution is -2.17. The van der Waals surface area contributed by atoms with Gasteiger partial charge in [-0.3, -0.25) is 0 Å². The summed E-state index contributed by atoms with van der Waals surface area (Å²) in [4.78, 5) is 1.34. The van der Waals surface area contributed by atoms with Crippen molar-refractivity contribution in [2.24, 2.45) is 7.05 Å². The van der Waals surface area contributed by atoms with Crippen LogP contribution in [0.1, 0.15) is 19.5 Å². The van der Waals surface area contributed by atoms with Crippen LogP contribution in [0.3, 0.4) is 0 Å². The number of alkyl halides is 3. The molecule has 7 nitrogen and oxygen atoms in total. The van der Waals surface area contributed by atoms with Gasteiger partial charge in [0.15, 0.2) is 0 Å². The lowest BCUT2D eigenvalue weighted by molar-refractivity contribution is -0.274. The first-order chi connectivity index (χ1) is 14.8. The van der Waals surface area contributed by atoms with E-state index in [2.05, 4.69) is 25.2 Å². The first-order valence-electron chi connectivity index (χ1n) is 9.57. The maximum atomic E-state index is 12.7. The third-order valence-electron chi connectivity index (χ3n) is 4.14. The Morgan fingerprint density at radius 3 is 2.35 bits per heavy atom. The Morgan fingerprint density at radius 2 is 1.68 bits per heavy atom. The molecule has 2 aromatic carbocycles. The molecule has 0 saturated heterocycles. The lowest BCUT2D eigenvalue weighted by atomic mass is 10.0. The third-order valence-corrected chi connectivity index (χ3v) is 4.14. The smallest absolute Gasteiger partial charge is 0.405 e. The SMILES string of the molecule is CC.Cc1cc(-c2nnn(C)n2)nn1-c1cccc(-c2ccccc2OC(F)(F)F)c1. The fraction of sp³-hybridized carbons (Fsp3) is 0.238. The Balaban J connectivity index is 0.00000132. The molecule has 0 aliphatic carbocycles. The fourth-order valence-electron chi connectivity index (χ4n) is 2.96. The molecule has 162 valence electrons. The van der Waals surface area contributed by atoms with Crippen molar-refractivity contribution in [1.29, 1.82) is 0 Å². The van der Waals surface area contributed by atoms with Crippen molar-refractivity contribution in [1.82, 2.24) is 30.0 Å². The van der Waals surface area contributed by atoms with Crippen LogP contribution in [-0.4, -0.2) is 36.4 Å². The number of hydrogen-bond acceptors (Lipinski definition) is 5. The van der Waals surface area contributed by atoms with E-state index in [0.29, 0.717) is 28.3 Å². The van der Waals surface area contributed by atoms with E-state index in [9.17, 15) is 13.2 Å². The summed E-state index contributed by atoms with van der Waals surface area (Å²) in [5.74, 6) is 0.119. The van der Waals surface area contributed by atoms with E-state index in [1.165, 1.54) is 16.9 Å². The van der Waals surface area contributed by atoms with Crippen LogP contribution in [0.4, 0.5) is 13.2 Å². The van der Waals surface area contributed by atoms with E-state index in [-0.39, 0.29) is 5.75 Å². The highest BCUT2D eigenvalue weighted by molar-refractivity contribution is 5.72. The van der Waals surface area contributed by atoms with E-state index < -0.39 is 6.36 Å². The Hall–Kier alpha value is -3.69. The first kappa shape index (κ1) is 22.0. The second-order valence-electron chi connectivity index (χ2n) is 6.28. The van der Waals surface area contributed by atoms with Gasteiger partial charge in [-0.15, -0.1) is 23.4 Å². The fourth-order valence-corrected chi connectivity index (χ4v) is 2.96. The van der Waals surface area contributed by atoms with Crippen molar-refractivity contribution in [3.8, 4) is 34.1 Å². The summed E-state index contributed by atoms with van der Waals surface area (Å²) in [5, 5.41) is 16.4. The largest absolute Gasteiger partial charge is 0.573 e. The predicted octanol–water partition coefficient (Wildman–Crippen LogP) is 4.96. The molecule has 0 bridgehead atoms. The Bertz CT molecular complexity index is 1170. The number of tetrazole rings is 1. The van der Waals surface area contributed by atoms with Crippen molar-refractivity contribution in [2.45, 2.75) is 27.1 Å². The highest BCUT2D eigenvalue weighted by atomic mass is 19.4. The summed E-state index contributed by atoms with van der Waals surface area (Å²) in [6, 6.07) is 14.8. The Labute approximate surface area is 177 Å². The monoisotopic (exact) mass is 430 g/mol. The van der Waals surface area contributed by atoms with Crippen LogP contribution in [-0.2, 0) is 7.05 Å². The van der Waals surface area contributed by atoms with Crippen molar-refractivity contribution in [2.75, 3.05) is 0 Å². The molecular formula is C21H21F3N6O. The molecule has 0 radical (unpaired) electrons. The minimum atomic E-state index is -4.77. The number of rotatable bonds is 4. The molecule has 31 heavy (non-hydrogen) atoms. The molecule has 0 aliphatic heterocycles. The predicted molar refractivity (Wildman–Crippen MR) is 110 cm³/mol. The number of para-hydroxylation sites is 1. The maximum Gasteiger partial charge on any atom is 0.573 e. The molecule has 0 spiro atoms. The summed E-state index contributed by atoms with van der Waals surface area (Å²) in [6.45, 7) is 5.86. The lowest BCUT2D eigenvalue weighted by Gasteiger charge is -2.14. The second-order valence-corrected chi connectivity index (χ2v) is 6.28. The summed E-state index contributed by atoms with van der Waals surface area (Å²) in [6.07, 6.45) is -4.77. The normalized spacial score (nSPS) is 11.1. The molecule has 0 saturated carbocycles. The zero-order valence-corrected chi connectivity index (χ0v) is 17.4. The number of aryl methyl sites for hydroxylation is 2. The average Bonchev–Trinajstić information content (AvgIpc) is 3.34. The highest BCUT2D eigenvalue weighted by Crippen LogP contribution is 2.34. The molecule has 4 aromatic rings. The topological polar surface area (TPSA) is 70.7 Å². The van der Waals surface area contributed by atoms with E-state index >= 15 is 0 Å². The number of ether oxygens (including phenoxy) is 1. The van der Waals surface area contributed by atoms with Crippen LogP contribution in [0.2, 0.25) is 0 Å². The number of nitrogens with zero attached hydrogens (tertiary/aromatic N) is 6. The van der Waals surface area contributed by atoms with Crippen LogP contribution in [0, 0.1) is 6.92 Å². The van der Waals surface area contributed by atoms with Crippen molar-refractivity contribution in [3.05, 3.63) is 60.3 Å². The number of aromatic nitrogens is 6. The molecule has 0 amide bonds. The minimum Gasteiger partial charge on any atom is -0.405 e. The van der Waals surface area contributed by atoms with Gasteiger partial charge >= 0.3 is 6.36 Å². The van der Waals surface area contributed by atoms with Crippen molar-refractivity contribution >= 4 is 0 Å². The molecule has 0 unspecified atom stereocenters. The van der Waals surface area contributed by atoms with E-state index in [4.69, 9.17) is 0 Å². The van der Waals surface area contributed by atoms with Gasteiger partial charge in [0, 0.05) is 11.3 Å². The van der Waals surface area contributed by atoms with Gasteiger partial charge in [0.1, 0.15) is 11.4 Å².